The molecule has 0 aromatic heterocycles. The van der Waals surface area contributed by atoms with Crippen molar-refractivity contribution < 1.29 is 4.79 Å². The maximum absolute atomic E-state index is 11.4. The van der Waals surface area contributed by atoms with Crippen LogP contribution in [0.1, 0.15) is 71.6 Å². The van der Waals surface area contributed by atoms with Crippen molar-refractivity contribution in [2.45, 2.75) is 71.6 Å². The molecule has 0 atom stereocenters. The SMILES string of the molecule is CC(C)C(=O)CCCCC1CCCCC1. The van der Waals surface area contributed by atoms with Crippen molar-refractivity contribution in [2.24, 2.45) is 11.8 Å². The number of rotatable bonds is 6. The third-order valence-electron chi connectivity index (χ3n) is 3.65. The molecule has 0 aliphatic heterocycles. The van der Waals surface area contributed by atoms with Crippen LogP contribution in [0.25, 0.3) is 0 Å². The van der Waals surface area contributed by atoms with Gasteiger partial charge in [0, 0.05) is 12.3 Å². The molecule has 1 nitrogen and oxygen atoms in total. The topological polar surface area (TPSA) is 17.1 Å². The first kappa shape index (κ1) is 12.7. The van der Waals surface area contributed by atoms with E-state index >= 15 is 0 Å². The van der Waals surface area contributed by atoms with Gasteiger partial charge in [0.15, 0.2) is 0 Å². The molecule has 1 fully saturated rings. The monoisotopic (exact) mass is 210 g/mol. The lowest BCUT2D eigenvalue weighted by molar-refractivity contribution is -0.122. The van der Waals surface area contributed by atoms with Crippen molar-refractivity contribution in [2.75, 3.05) is 0 Å². The van der Waals surface area contributed by atoms with Crippen molar-refractivity contribution >= 4 is 5.78 Å². The van der Waals surface area contributed by atoms with E-state index in [2.05, 4.69) is 0 Å². The summed E-state index contributed by atoms with van der Waals surface area (Å²) < 4.78 is 0. The Hall–Kier alpha value is -0.330. The summed E-state index contributed by atoms with van der Waals surface area (Å²) in [6.45, 7) is 4.01. The maximum atomic E-state index is 11.4. The third-order valence-corrected chi connectivity index (χ3v) is 3.65. The molecule has 0 saturated heterocycles. The largest absolute Gasteiger partial charge is 0.299 e. The first-order valence-corrected chi connectivity index (χ1v) is 6.73. The van der Waals surface area contributed by atoms with Gasteiger partial charge in [-0.1, -0.05) is 58.8 Å². The smallest absolute Gasteiger partial charge is 0.135 e. The van der Waals surface area contributed by atoms with Gasteiger partial charge in [0.25, 0.3) is 0 Å². The zero-order chi connectivity index (χ0) is 11.1. The molecule has 0 aromatic carbocycles. The molecule has 1 heteroatoms. The van der Waals surface area contributed by atoms with Crippen LogP contribution in [0.3, 0.4) is 0 Å². The van der Waals surface area contributed by atoms with Crippen LogP contribution >= 0.6 is 0 Å². The van der Waals surface area contributed by atoms with Gasteiger partial charge in [-0.05, 0) is 12.3 Å². The molecule has 88 valence electrons. The van der Waals surface area contributed by atoms with Crippen LogP contribution in [0.15, 0.2) is 0 Å². The van der Waals surface area contributed by atoms with Gasteiger partial charge in [0.1, 0.15) is 5.78 Å². The maximum Gasteiger partial charge on any atom is 0.135 e. The Balaban J connectivity index is 1.98. The number of Topliss-reactive ketones (excluding diaryl/α,β-unsaturated/α-hetero) is 1. The van der Waals surface area contributed by atoms with E-state index in [1.807, 2.05) is 13.8 Å². The minimum absolute atomic E-state index is 0.236. The Morgan fingerprint density at radius 1 is 1.13 bits per heavy atom. The quantitative estimate of drug-likeness (QED) is 0.596. The normalized spacial score (nSPS) is 18.3. The lowest BCUT2D eigenvalue weighted by atomic mass is 9.85. The summed E-state index contributed by atoms with van der Waals surface area (Å²) in [6, 6.07) is 0. The van der Waals surface area contributed by atoms with Crippen molar-refractivity contribution in [3.63, 3.8) is 0 Å². The Labute approximate surface area is 94.6 Å². The number of ketones is 1. The molecule has 15 heavy (non-hydrogen) atoms. The lowest BCUT2D eigenvalue weighted by Gasteiger charge is -2.21. The fourth-order valence-electron chi connectivity index (χ4n) is 2.50. The number of carbonyl (C=O) groups excluding carboxylic acids is 1. The third kappa shape index (κ3) is 5.34. The Morgan fingerprint density at radius 3 is 2.40 bits per heavy atom. The van der Waals surface area contributed by atoms with Crippen LogP contribution < -0.4 is 0 Å². The van der Waals surface area contributed by atoms with E-state index in [0.29, 0.717) is 5.78 Å². The highest BCUT2D eigenvalue weighted by Gasteiger charge is 2.13. The first-order chi connectivity index (χ1) is 7.20. The van der Waals surface area contributed by atoms with Gasteiger partial charge in [-0.2, -0.15) is 0 Å². The van der Waals surface area contributed by atoms with Crippen molar-refractivity contribution in [1.82, 2.24) is 0 Å². The highest BCUT2D eigenvalue weighted by atomic mass is 16.1. The van der Waals surface area contributed by atoms with Crippen molar-refractivity contribution in [3.8, 4) is 0 Å². The van der Waals surface area contributed by atoms with E-state index in [4.69, 9.17) is 0 Å². The second-order valence-electron chi connectivity index (χ2n) is 5.37. The summed E-state index contributed by atoms with van der Waals surface area (Å²) in [5.41, 5.74) is 0. The molecule has 0 radical (unpaired) electrons. The number of carbonyl (C=O) groups is 1. The van der Waals surface area contributed by atoms with E-state index in [0.717, 1.165) is 18.8 Å². The van der Waals surface area contributed by atoms with E-state index in [-0.39, 0.29) is 5.92 Å². The molecule has 1 rings (SSSR count). The van der Waals surface area contributed by atoms with Gasteiger partial charge in [0.2, 0.25) is 0 Å². The Bertz CT molecular complexity index is 178. The summed E-state index contributed by atoms with van der Waals surface area (Å²) in [5, 5.41) is 0. The van der Waals surface area contributed by atoms with Gasteiger partial charge in [-0.3, -0.25) is 4.79 Å². The fraction of sp³-hybridized carbons (Fsp3) is 0.929. The standard InChI is InChI=1S/C14H26O/c1-12(2)14(15)11-7-6-10-13-8-4-3-5-9-13/h12-13H,3-11H2,1-2H3. The number of hydrogen-bond acceptors (Lipinski definition) is 1. The molecular formula is C14H26O. The van der Waals surface area contributed by atoms with Crippen LogP contribution in [0.2, 0.25) is 0 Å². The van der Waals surface area contributed by atoms with E-state index in [1.54, 1.807) is 0 Å². The first-order valence-electron chi connectivity index (χ1n) is 6.73. The van der Waals surface area contributed by atoms with Crippen LogP contribution in [-0.4, -0.2) is 5.78 Å². The van der Waals surface area contributed by atoms with Gasteiger partial charge in [-0.25, -0.2) is 0 Å². The van der Waals surface area contributed by atoms with Crippen molar-refractivity contribution in [1.29, 1.82) is 0 Å². The van der Waals surface area contributed by atoms with Crippen LogP contribution in [0, 0.1) is 11.8 Å². The average Bonchev–Trinajstić information content (AvgIpc) is 2.25. The molecule has 0 N–H and O–H groups in total. The highest BCUT2D eigenvalue weighted by molar-refractivity contribution is 5.80. The van der Waals surface area contributed by atoms with E-state index in [1.165, 1.54) is 44.9 Å². The Kier molecular flexibility index (Phi) is 5.97. The van der Waals surface area contributed by atoms with Gasteiger partial charge >= 0.3 is 0 Å². The fourth-order valence-corrected chi connectivity index (χ4v) is 2.50. The zero-order valence-electron chi connectivity index (χ0n) is 10.4. The predicted molar refractivity (Wildman–Crippen MR) is 64.9 cm³/mol. The minimum atomic E-state index is 0.236. The van der Waals surface area contributed by atoms with Gasteiger partial charge in [-0.15, -0.1) is 0 Å². The molecule has 1 saturated carbocycles. The second-order valence-corrected chi connectivity index (χ2v) is 5.37. The molecule has 1 aliphatic carbocycles. The van der Waals surface area contributed by atoms with Gasteiger partial charge < -0.3 is 0 Å². The summed E-state index contributed by atoms with van der Waals surface area (Å²) in [4.78, 5) is 11.4. The molecule has 0 amide bonds. The Morgan fingerprint density at radius 2 is 1.80 bits per heavy atom. The van der Waals surface area contributed by atoms with Gasteiger partial charge in [0.05, 0.1) is 0 Å². The van der Waals surface area contributed by atoms with Crippen LogP contribution in [0.4, 0.5) is 0 Å². The van der Waals surface area contributed by atoms with E-state index < -0.39 is 0 Å². The summed E-state index contributed by atoms with van der Waals surface area (Å²) in [7, 11) is 0. The minimum Gasteiger partial charge on any atom is -0.299 e. The second kappa shape index (κ2) is 7.03. The molecule has 1 aliphatic rings. The molecular weight excluding hydrogens is 184 g/mol. The van der Waals surface area contributed by atoms with Crippen LogP contribution in [0.5, 0.6) is 0 Å². The van der Waals surface area contributed by atoms with E-state index in [9.17, 15) is 4.79 Å². The average molecular weight is 210 g/mol. The summed E-state index contributed by atoms with van der Waals surface area (Å²) in [5.74, 6) is 1.66. The summed E-state index contributed by atoms with van der Waals surface area (Å²) >= 11 is 0. The lowest BCUT2D eigenvalue weighted by Crippen LogP contribution is -2.08. The van der Waals surface area contributed by atoms with Crippen molar-refractivity contribution in [3.05, 3.63) is 0 Å². The molecule has 0 unspecified atom stereocenters. The number of unbranched alkanes of at least 4 members (excludes halogenated alkanes) is 1. The molecule has 0 heterocycles. The zero-order valence-corrected chi connectivity index (χ0v) is 10.4. The highest BCUT2D eigenvalue weighted by Crippen LogP contribution is 2.27. The summed E-state index contributed by atoms with van der Waals surface area (Å²) in [6.07, 6.45) is 11.8. The molecule has 0 bridgehead atoms. The van der Waals surface area contributed by atoms with Crippen LogP contribution in [-0.2, 0) is 4.79 Å². The molecule has 0 spiro atoms. The molecule has 0 aromatic rings. The predicted octanol–water partition coefficient (Wildman–Crippen LogP) is 4.35. The number of hydrogen-bond donors (Lipinski definition) is 0.